The first-order valence-electron chi connectivity index (χ1n) is 7.86. The van der Waals surface area contributed by atoms with Crippen molar-refractivity contribution >= 4 is 17.6 Å². The number of aromatic nitrogens is 3. The van der Waals surface area contributed by atoms with E-state index in [1.807, 2.05) is 20.8 Å². The molecular weight excluding hydrogens is 324 g/mol. The third-order valence-electron chi connectivity index (χ3n) is 3.43. The Morgan fingerprint density at radius 3 is 2.56 bits per heavy atom. The van der Waals surface area contributed by atoms with E-state index < -0.39 is 11.4 Å². The van der Waals surface area contributed by atoms with Crippen LogP contribution in [0.4, 0.5) is 5.69 Å². The van der Waals surface area contributed by atoms with E-state index in [9.17, 15) is 9.59 Å². The Kier molecular flexibility index (Phi) is 5.41. The highest BCUT2D eigenvalue weighted by Gasteiger charge is 2.27. The van der Waals surface area contributed by atoms with Gasteiger partial charge in [0.2, 0.25) is 5.91 Å². The molecule has 0 unspecified atom stereocenters. The molecule has 2 aromatic rings. The summed E-state index contributed by atoms with van der Waals surface area (Å²) in [4.78, 5) is 24.5. The van der Waals surface area contributed by atoms with Gasteiger partial charge in [-0.1, -0.05) is 26.8 Å². The number of rotatable bonds is 5. The van der Waals surface area contributed by atoms with Crippen LogP contribution in [-0.2, 0) is 9.53 Å². The first-order chi connectivity index (χ1) is 11.8. The first kappa shape index (κ1) is 18.4. The van der Waals surface area contributed by atoms with Gasteiger partial charge in [-0.25, -0.2) is 4.79 Å². The minimum Gasteiger partial charge on any atom is -0.496 e. The average Bonchev–Trinajstić information content (AvgIpc) is 3.03. The zero-order valence-electron chi connectivity index (χ0n) is 15.0. The number of nitrogens with one attached hydrogen (secondary N) is 2. The number of hydrogen-bond acceptors (Lipinski definition) is 6. The molecule has 134 valence electrons. The summed E-state index contributed by atoms with van der Waals surface area (Å²) < 4.78 is 10.4. The van der Waals surface area contributed by atoms with Crippen molar-refractivity contribution < 1.29 is 19.1 Å². The molecule has 2 N–H and O–H groups in total. The summed E-state index contributed by atoms with van der Waals surface area (Å²) >= 11 is 0. The summed E-state index contributed by atoms with van der Waals surface area (Å²) in [6, 6.07) is 5.17. The summed E-state index contributed by atoms with van der Waals surface area (Å²) in [5.74, 6) is -0.334. The highest BCUT2D eigenvalue weighted by molar-refractivity contribution is 6.02. The highest BCUT2D eigenvalue weighted by atomic mass is 16.5. The maximum absolute atomic E-state index is 12.4. The van der Waals surface area contributed by atoms with Crippen LogP contribution in [0.25, 0.3) is 11.3 Å². The van der Waals surface area contributed by atoms with E-state index in [4.69, 9.17) is 9.47 Å². The third-order valence-corrected chi connectivity index (χ3v) is 3.43. The van der Waals surface area contributed by atoms with Gasteiger partial charge >= 0.3 is 5.97 Å². The molecule has 8 heteroatoms. The number of amides is 1. The molecule has 1 aromatic carbocycles. The number of carbonyl (C=O) groups is 2. The van der Waals surface area contributed by atoms with E-state index in [2.05, 4.69) is 20.7 Å². The second kappa shape index (κ2) is 7.33. The molecule has 1 amide bonds. The van der Waals surface area contributed by atoms with E-state index in [0.717, 1.165) is 0 Å². The fraction of sp³-hybridized carbons (Fsp3) is 0.412. The third kappa shape index (κ3) is 3.96. The largest absolute Gasteiger partial charge is 0.496 e. The van der Waals surface area contributed by atoms with Gasteiger partial charge in [-0.3, -0.25) is 4.79 Å². The van der Waals surface area contributed by atoms with Crippen LogP contribution < -0.4 is 10.1 Å². The smallest absolute Gasteiger partial charge is 0.361 e. The lowest BCUT2D eigenvalue weighted by molar-refractivity contribution is -0.123. The topological polar surface area (TPSA) is 106 Å². The van der Waals surface area contributed by atoms with Gasteiger partial charge in [-0.2, -0.15) is 10.3 Å². The molecule has 0 saturated heterocycles. The summed E-state index contributed by atoms with van der Waals surface area (Å²) in [5, 5.41) is 13.2. The molecule has 0 saturated carbocycles. The second-order valence-corrected chi connectivity index (χ2v) is 6.33. The van der Waals surface area contributed by atoms with Crippen molar-refractivity contribution in [2.75, 3.05) is 19.0 Å². The van der Waals surface area contributed by atoms with Gasteiger partial charge in [0.1, 0.15) is 11.4 Å². The van der Waals surface area contributed by atoms with Gasteiger partial charge in [0.05, 0.1) is 25.0 Å². The van der Waals surface area contributed by atoms with E-state index in [1.165, 1.54) is 7.11 Å². The number of nitrogens with zero attached hydrogens (tertiary/aromatic N) is 2. The fourth-order valence-corrected chi connectivity index (χ4v) is 2.11. The van der Waals surface area contributed by atoms with Crippen LogP contribution in [0, 0.1) is 5.41 Å². The zero-order valence-corrected chi connectivity index (χ0v) is 15.0. The number of carbonyl (C=O) groups excluding carboxylic acids is 2. The molecule has 25 heavy (non-hydrogen) atoms. The van der Waals surface area contributed by atoms with Crippen molar-refractivity contribution in [3.8, 4) is 17.0 Å². The maximum atomic E-state index is 12.4. The lowest BCUT2D eigenvalue weighted by Crippen LogP contribution is -2.28. The van der Waals surface area contributed by atoms with Crippen molar-refractivity contribution in [3.63, 3.8) is 0 Å². The normalized spacial score (nSPS) is 11.1. The van der Waals surface area contributed by atoms with Crippen molar-refractivity contribution in [2.24, 2.45) is 5.41 Å². The van der Waals surface area contributed by atoms with Gasteiger partial charge in [-0.15, -0.1) is 5.10 Å². The van der Waals surface area contributed by atoms with E-state index in [0.29, 0.717) is 17.0 Å². The molecule has 0 aliphatic rings. The highest BCUT2D eigenvalue weighted by Crippen LogP contribution is 2.37. The van der Waals surface area contributed by atoms with E-state index >= 15 is 0 Å². The van der Waals surface area contributed by atoms with Crippen molar-refractivity contribution in [3.05, 3.63) is 23.9 Å². The number of methoxy groups -OCH3 is 1. The molecule has 0 aliphatic carbocycles. The Hall–Kier alpha value is -2.90. The van der Waals surface area contributed by atoms with Gasteiger partial charge in [0, 0.05) is 5.41 Å². The van der Waals surface area contributed by atoms with Crippen molar-refractivity contribution in [1.82, 2.24) is 15.4 Å². The molecular formula is C17H22N4O4. The van der Waals surface area contributed by atoms with Crippen LogP contribution in [0.1, 0.15) is 38.2 Å². The molecule has 1 heterocycles. The van der Waals surface area contributed by atoms with E-state index in [1.54, 1.807) is 25.1 Å². The summed E-state index contributed by atoms with van der Waals surface area (Å²) in [6.45, 7) is 7.34. The molecule has 8 nitrogen and oxygen atoms in total. The molecule has 0 radical (unpaired) electrons. The molecule has 1 aromatic heterocycles. The predicted octanol–water partition coefficient (Wildman–Crippen LogP) is 2.64. The Labute approximate surface area is 145 Å². The van der Waals surface area contributed by atoms with Crippen LogP contribution >= 0.6 is 0 Å². The number of benzene rings is 1. The van der Waals surface area contributed by atoms with E-state index in [-0.39, 0.29) is 23.9 Å². The number of anilines is 1. The van der Waals surface area contributed by atoms with Crippen LogP contribution in [0.2, 0.25) is 0 Å². The van der Waals surface area contributed by atoms with Gasteiger partial charge in [0.25, 0.3) is 0 Å². The monoisotopic (exact) mass is 346 g/mol. The van der Waals surface area contributed by atoms with Gasteiger partial charge in [0.15, 0.2) is 5.69 Å². The molecule has 0 fully saturated rings. The molecule has 0 spiro atoms. The number of esters is 1. The van der Waals surface area contributed by atoms with Crippen LogP contribution in [0.3, 0.4) is 0 Å². The minimum atomic E-state index is -0.606. The number of H-pyrrole nitrogens is 1. The quantitative estimate of drug-likeness (QED) is 0.806. The first-order valence-corrected chi connectivity index (χ1v) is 7.86. The fourth-order valence-electron chi connectivity index (χ4n) is 2.11. The maximum Gasteiger partial charge on any atom is 0.361 e. The summed E-state index contributed by atoms with van der Waals surface area (Å²) in [5.41, 5.74) is 0.615. The summed E-state index contributed by atoms with van der Waals surface area (Å²) in [6.07, 6.45) is 0. The van der Waals surface area contributed by atoms with Crippen molar-refractivity contribution in [2.45, 2.75) is 27.7 Å². The molecule has 0 aliphatic heterocycles. The predicted molar refractivity (Wildman–Crippen MR) is 92.4 cm³/mol. The lowest BCUT2D eigenvalue weighted by atomic mass is 9.95. The lowest BCUT2D eigenvalue weighted by Gasteiger charge is -2.20. The van der Waals surface area contributed by atoms with Crippen molar-refractivity contribution in [1.29, 1.82) is 0 Å². The zero-order chi connectivity index (χ0) is 18.6. The standard InChI is InChI=1S/C17H22N4O4/c1-6-25-15(22)14-13(19-21-20-14)12-10(8-7-9-11(12)24-5)18-16(23)17(2,3)4/h7-9H,6H2,1-5H3,(H,18,23)(H,19,20,21). The Morgan fingerprint density at radius 1 is 1.24 bits per heavy atom. The molecule has 0 bridgehead atoms. The van der Waals surface area contributed by atoms with Crippen LogP contribution in [-0.4, -0.2) is 41.0 Å². The van der Waals surface area contributed by atoms with Crippen LogP contribution in [0.5, 0.6) is 5.75 Å². The molecule has 0 atom stereocenters. The second-order valence-electron chi connectivity index (χ2n) is 6.33. The number of aromatic amines is 1. The average molecular weight is 346 g/mol. The molecule has 2 rings (SSSR count). The van der Waals surface area contributed by atoms with Gasteiger partial charge in [-0.05, 0) is 19.1 Å². The minimum absolute atomic E-state index is 0.0256. The Bertz CT molecular complexity index is 777. The Balaban J connectivity index is 2.56. The summed E-state index contributed by atoms with van der Waals surface area (Å²) in [7, 11) is 1.50. The number of hydrogen-bond donors (Lipinski definition) is 2. The van der Waals surface area contributed by atoms with Gasteiger partial charge < -0.3 is 14.8 Å². The number of ether oxygens (including phenoxy) is 2. The SMILES string of the molecule is CCOC(=O)c1n[nH]nc1-c1c(NC(=O)C(C)(C)C)cccc1OC. The van der Waals surface area contributed by atoms with Crippen LogP contribution in [0.15, 0.2) is 18.2 Å². The Morgan fingerprint density at radius 2 is 1.96 bits per heavy atom.